The van der Waals surface area contributed by atoms with Crippen molar-refractivity contribution in [3.63, 3.8) is 0 Å². The van der Waals surface area contributed by atoms with Gasteiger partial charge in [-0.3, -0.25) is 4.79 Å². The normalized spacial score (nSPS) is 10.7. The van der Waals surface area contributed by atoms with E-state index in [1.807, 2.05) is 57.4 Å². The molecule has 4 nitrogen and oxygen atoms in total. The van der Waals surface area contributed by atoms with Gasteiger partial charge >= 0.3 is 0 Å². The first-order chi connectivity index (χ1) is 11.5. The van der Waals surface area contributed by atoms with E-state index in [0.29, 0.717) is 6.54 Å². The van der Waals surface area contributed by atoms with E-state index in [1.165, 1.54) is 11.1 Å². The van der Waals surface area contributed by atoms with Crippen LogP contribution in [0.25, 0.3) is 0 Å². The van der Waals surface area contributed by atoms with E-state index in [2.05, 4.69) is 23.2 Å². The Bertz CT molecular complexity index is 696. The van der Waals surface area contributed by atoms with Crippen molar-refractivity contribution >= 4 is 5.91 Å². The monoisotopic (exact) mass is 326 g/mol. The van der Waals surface area contributed by atoms with Gasteiger partial charge in [0.15, 0.2) is 6.61 Å². The molecule has 2 aromatic rings. The Kier molecular flexibility index (Phi) is 6.38. The Morgan fingerprint density at radius 1 is 1.04 bits per heavy atom. The van der Waals surface area contributed by atoms with E-state index in [-0.39, 0.29) is 12.5 Å². The van der Waals surface area contributed by atoms with Crippen molar-refractivity contribution < 1.29 is 9.53 Å². The number of amides is 1. The summed E-state index contributed by atoms with van der Waals surface area (Å²) in [5, 5.41) is 2.93. The quantitative estimate of drug-likeness (QED) is 0.850. The number of nitrogens with one attached hydrogen (secondary N) is 1. The smallest absolute Gasteiger partial charge is 0.258 e. The van der Waals surface area contributed by atoms with Crippen LogP contribution in [0.5, 0.6) is 5.75 Å². The SMILES string of the molecule is Cc1ccc(OCC(=O)NCc2ccccc2CN(C)C)cc1C. The van der Waals surface area contributed by atoms with Crippen LogP contribution in [0.3, 0.4) is 0 Å². The number of rotatable bonds is 7. The van der Waals surface area contributed by atoms with Crippen LogP contribution in [0.4, 0.5) is 0 Å². The molecule has 0 aliphatic heterocycles. The summed E-state index contributed by atoms with van der Waals surface area (Å²) in [4.78, 5) is 14.1. The Morgan fingerprint density at radius 2 is 1.75 bits per heavy atom. The van der Waals surface area contributed by atoms with Gasteiger partial charge in [-0.2, -0.15) is 0 Å². The van der Waals surface area contributed by atoms with Crippen LogP contribution in [-0.2, 0) is 17.9 Å². The third-order valence-corrected chi connectivity index (χ3v) is 3.93. The molecule has 1 amide bonds. The number of hydrogen-bond donors (Lipinski definition) is 1. The molecule has 0 unspecified atom stereocenters. The number of benzene rings is 2. The zero-order valence-electron chi connectivity index (χ0n) is 14.9. The van der Waals surface area contributed by atoms with E-state index < -0.39 is 0 Å². The molecular weight excluding hydrogens is 300 g/mol. The average Bonchev–Trinajstić information content (AvgIpc) is 2.54. The van der Waals surface area contributed by atoms with Gasteiger partial charge in [-0.25, -0.2) is 0 Å². The number of ether oxygens (including phenoxy) is 1. The van der Waals surface area contributed by atoms with Crippen molar-refractivity contribution in [1.82, 2.24) is 10.2 Å². The number of carbonyl (C=O) groups is 1. The van der Waals surface area contributed by atoms with Crippen LogP contribution in [0.1, 0.15) is 22.3 Å². The van der Waals surface area contributed by atoms with Gasteiger partial charge in [0.2, 0.25) is 0 Å². The molecule has 24 heavy (non-hydrogen) atoms. The summed E-state index contributed by atoms with van der Waals surface area (Å²) in [5.74, 6) is 0.606. The van der Waals surface area contributed by atoms with Gasteiger partial charge in [-0.15, -0.1) is 0 Å². The summed E-state index contributed by atoms with van der Waals surface area (Å²) >= 11 is 0. The molecule has 0 atom stereocenters. The van der Waals surface area contributed by atoms with Crippen molar-refractivity contribution in [3.05, 3.63) is 64.7 Å². The van der Waals surface area contributed by atoms with Crippen molar-refractivity contribution in [2.75, 3.05) is 20.7 Å². The first-order valence-electron chi connectivity index (χ1n) is 8.14. The maximum Gasteiger partial charge on any atom is 0.258 e. The number of nitrogens with zero attached hydrogens (tertiary/aromatic N) is 1. The van der Waals surface area contributed by atoms with Crippen LogP contribution in [0.15, 0.2) is 42.5 Å². The first kappa shape index (κ1) is 18.0. The summed E-state index contributed by atoms with van der Waals surface area (Å²) in [6.07, 6.45) is 0. The highest BCUT2D eigenvalue weighted by molar-refractivity contribution is 5.77. The van der Waals surface area contributed by atoms with E-state index in [1.54, 1.807) is 0 Å². The molecule has 1 N–H and O–H groups in total. The van der Waals surface area contributed by atoms with Crippen LogP contribution in [-0.4, -0.2) is 31.5 Å². The Labute approximate surface area is 144 Å². The minimum Gasteiger partial charge on any atom is -0.484 e. The highest BCUT2D eigenvalue weighted by atomic mass is 16.5. The molecule has 0 heterocycles. The summed E-state index contributed by atoms with van der Waals surface area (Å²) in [6, 6.07) is 14.0. The highest BCUT2D eigenvalue weighted by Crippen LogP contribution is 2.16. The first-order valence-corrected chi connectivity index (χ1v) is 8.14. The Balaban J connectivity index is 1.86. The van der Waals surface area contributed by atoms with Crippen LogP contribution in [0.2, 0.25) is 0 Å². The summed E-state index contributed by atoms with van der Waals surface area (Å²) in [7, 11) is 4.07. The van der Waals surface area contributed by atoms with E-state index in [9.17, 15) is 4.79 Å². The number of carbonyl (C=O) groups excluding carboxylic acids is 1. The zero-order chi connectivity index (χ0) is 17.5. The van der Waals surface area contributed by atoms with Gasteiger partial charge in [-0.1, -0.05) is 30.3 Å². The minimum atomic E-state index is -0.118. The van der Waals surface area contributed by atoms with Crippen molar-refractivity contribution in [1.29, 1.82) is 0 Å². The molecule has 0 fully saturated rings. The van der Waals surface area contributed by atoms with Gasteiger partial charge in [-0.05, 0) is 62.3 Å². The van der Waals surface area contributed by atoms with E-state index >= 15 is 0 Å². The third-order valence-electron chi connectivity index (χ3n) is 3.93. The molecule has 2 aromatic carbocycles. The molecular formula is C20H26N2O2. The lowest BCUT2D eigenvalue weighted by Gasteiger charge is -2.15. The molecule has 0 saturated heterocycles. The van der Waals surface area contributed by atoms with Gasteiger partial charge in [0.05, 0.1) is 0 Å². The van der Waals surface area contributed by atoms with Crippen LogP contribution in [0, 0.1) is 13.8 Å². The Hall–Kier alpha value is -2.33. The fraction of sp³-hybridized carbons (Fsp3) is 0.350. The topological polar surface area (TPSA) is 41.6 Å². The predicted molar refractivity (Wildman–Crippen MR) is 97.1 cm³/mol. The number of hydrogen-bond acceptors (Lipinski definition) is 3. The second-order valence-corrected chi connectivity index (χ2v) is 6.32. The van der Waals surface area contributed by atoms with Gasteiger partial charge < -0.3 is 15.0 Å². The standard InChI is InChI=1S/C20H26N2O2/c1-15-9-10-19(11-16(15)2)24-14-20(23)21-12-17-7-5-6-8-18(17)13-22(3)4/h5-11H,12-14H2,1-4H3,(H,21,23). The van der Waals surface area contributed by atoms with Crippen molar-refractivity contribution in [2.24, 2.45) is 0 Å². The molecule has 0 saturated carbocycles. The summed E-state index contributed by atoms with van der Waals surface area (Å²) < 4.78 is 5.57. The van der Waals surface area contributed by atoms with Crippen LogP contribution < -0.4 is 10.1 Å². The van der Waals surface area contributed by atoms with Crippen LogP contribution >= 0.6 is 0 Å². The zero-order valence-corrected chi connectivity index (χ0v) is 14.9. The molecule has 0 bridgehead atoms. The maximum absolute atomic E-state index is 12.0. The minimum absolute atomic E-state index is 0.0261. The maximum atomic E-state index is 12.0. The van der Waals surface area contributed by atoms with Gasteiger partial charge in [0.1, 0.15) is 5.75 Å². The third kappa shape index (κ3) is 5.39. The van der Waals surface area contributed by atoms with Gasteiger partial charge in [0, 0.05) is 13.1 Å². The second kappa shape index (κ2) is 8.50. The second-order valence-electron chi connectivity index (χ2n) is 6.32. The average molecular weight is 326 g/mol. The fourth-order valence-corrected chi connectivity index (χ4v) is 2.42. The largest absolute Gasteiger partial charge is 0.484 e. The molecule has 0 spiro atoms. The molecule has 0 aromatic heterocycles. The molecule has 0 aliphatic carbocycles. The highest BCUT2D eigenvalue weighted by Gasteiger charge is 2.07. The molecule has 2 rings (SSSR count). The van der Waals surface area contributed by atoms with Crippen molar-refractivity contribution in [3.8, 4) is 5.75 Å². The lowest BCUT2D eigenvalue weighted by molar-refractivity contribution is -0.123. The van der Waals surface area contributed by atoms with Gasteiger partial charge in [0.25, 0.3) is 5.91 Å². The molecule has 4 heteroatoms. The lowest BCUT2D eigenvalue weighted by Crippen LogP contribution is -2.29. The molecule has 128 valence electrons. The van der Waals surface area contributed by atoms with E-state index in [4.69, 9.17) is 4.74 Å². The molecule has 0 aliphatic rings. The van der Waals surface area contributed by atoms with E-state index in [0.717, 1.165) is 23.4 Å². The summed E-state index contributed by atoms with van der Waals surface area (Å²) in [5.41, 5.74) is 4.72. The fourth-order valence-electron chi connectivity index (χ4n) is 2.42. The number of aryl methyl sites for hydroxylation is 2. The Morgan fingerprint density at radius 3 is 2.42 bits per heavy atom. The molecule has 0 radical (unpaired) electrons. The van der Waals surface area contributed by atoms with Crippen molar-refractivity contribution in [2.45, 2.75) is 26.9 Å². The lowest BCUT2D eigenvalue weighted by atomic mass is 10.1. The summed E-state index contributed by atoms with van der Waals surface area (Å²) in [6.45, 7) is 5.48. The predicted octanol–water partition coefficient (Wildman–Crippen LogP) is 3.06.